The second kappa shape index (κ2) is 6.94. The van der Waals surface area contributed by atoms with Gasteiger partial charge < -0.3 is 10.6 Å². The Balaban J connectivity index is 1.49. The van der Waals surface area contributed by atoms with E-state index in [4.69, 9.17) is 0 Å². The van der Waals surface area contributed by atoms with Gasteiger partial charge in [0.2, 0.25) is 5.91 Å². The molecule has 2 aliphatic rings. The quantitative estimate of drug-likeness (QED) is 0.818. The lowest BCUT2D eigenvalue weighted by Gasteiger charge is -2.30. The van der Waals surface area contributed by atoms with Gasteiger partial charge in [-0.2, -0.15) is 0 Å². The molecule has 0 aromatic heterocycles. The van der Waals surface area contributed by atoms with Gasteiger partial charge >= 0.3 is 0 Å². The van der Waals surface area contributed by atoms with Crippen LogP contribution >= 0.6 is 15.9 Å². The van der Waals surface area contributed by atoms with E-state index < -0.39 is 0 Å². The summed E-state index contributed by atoms with van der Waals surface area (Å²) in [6, 6.07) is 9.69. The monoisotopic (exact) mass is 378 g/mol. The van der Waals surface area contributed by atoms with E-state index >= 15 is 0 Å². The van der Waals surface area contributed by atoms with Crippen molar-refractivity contribution in [3.63, 3.8) is 0 Å². The first kappa shape index (κ1) is 17.0. The predicted molar refractivity (Wildman–Crippen MR) is 97.5 cm³/mol. The Kier molecular flexibility index (Phi) is 5.12. The van der Waals surface area contributed by atoms with E-state index in [1.165, 1.54) is 31.2 Å². The molecular formula is C19H27BrN2O. The van der Waals surface area contributed by atoms with Crippen LogP contribution in [0.5, 0.6) is 0 Å². The van der Waals surface area contributed by atoms with Crippen LogP contribution < -0.4 is 10.6 Å². The molecule has 3 nitrogen and oxygen atoms in total. The number of amides is 1. The molecule has 2 atom stereocenters. The Bertz CT molecular complexity index is 543. The molecule has 4 heteroatoms. The van der Waals surface area contributed by atoms with Crippen molar-refractivity contribution in [1.82, 2.24) is 10.6 Å². The molecule has 1 aromatic carbocycles. The van der Waals surface area contributed by atoms with Crippen LogP contribution in [-0.4, -0.2) is 24.5 Å². The summed E-state index contributed by atoms with van der Waals surface area (Å²) in [5.74, 6) is 0.769. The van der Waals surface area contributed by atoms with Crippen molar-refractivity contribution in [2.24, 2.45) is 5.92 Å². The molecule has 0 aliphatic carbocycles. The van der Waals surface area contributed by atoms with Crippen molar-refractivity contribution in [1.29, 1.82) is 0 Å². The number of fused-ring (bicyclic) bond motifs is 2. The lowest BCUT2D eigenvalue weighted by atomic mass is 9.84. The zero-order valence-electron chi connectivity index (χ0n) is 14.1. The summed E-state index contributed by atoms with van der Waals surface area (Å²) < 4.78 is 1.08. The van der Waals surface area contributed by atoms with Crippen molar-refractivity contribution >= 4 is 21.8 Å². The molecule has 2 saturated heterocycles. The van der Waals surface area contributed by atoms with E-state index in [1.807, 2.05) is 0 Å². The van der Waals surface area contributed by atoms with E-state index in [9.17, 15) is 4.79 Å². The number of hydrogen-bond acceptors (Lipinski definition) is 2. The fraction of sp³-hybridized carbons (Fsp3) is 0.632. The molecule has 1 amide bonds. The minimum Gasteiger partial charge on any atom is -0.355 e. The van der Waals surface area contributed by atoms with Gasteiger partial charge in [-0.15, -0.1) is 0 Å². The molecule has 2 heterocycles. The lowest BCUT2D eigenvalue weighted by molar-refractivity contribution is -0.122. The summed E-state index contributed by atoms with van der Waals surface area (Å²) in [5.41, 5.74) is 1.20. The number of piperidine rings is 1. The van der Waals surface area contributed by atoms with Gasteiger partial charge in [0, 0.05) is 34.9 Å². The smallest absolute Gasteiger partial charge is 0.220 e. The zero-order chi connectivity index (χ0) is 16.4. The predicted octanol–water partition coefficient (Wildman–Crippen LogP) is 3.76. The maximum absolute atomic E-state index is 12.3. The highest BCUT2D eigenvalue weighted by Gasteiger charge is 2.34. The molecule has 2 bridgehead atoms. The summed E-state index contributed by atoms with van der Waals surface area (Å²) in [7, 11) is 0. The van der Waals surface area contributed by atoms with Gasteiger partial charge in [-0.1, -0.05) is 41.9 Å². The standard InChI is InChI=1S/C19H27BrN2O/c1-19(2,14-3-5-15(20)6-4-14)12-21-18(23)11-13-9-16-7-8-17(10-13)22-16/h3-6,13,16-17,22H,7-12H2,1-2H3,(H,21,23). The third-order valence-corrected chi connectivity index (χ3v) is 5.93. The fourth-order valence-corrected chi connectivity index (χ4v) is 4.26. The Morgan fingerprint density at radius 1 is 1.22 bits per heavy atom. The number of carbonyl (C=O) groups excluding carboxylic acids is 1. The second-order valence-electron chi connectivity index (χ2n) is 7.85. The molecule has 1 aromatic rings. The van der Waals surface area contributed by atoms with Gasteiger partial charge in [0.05, 0.1) is 0 Å². The van der Waals surface area contributed by atoms with Crippen LogP contribution in [0.1, 0.15) is 51.5 Å². The maximum atomic E-state index is 12.3. The summed E-state index contributed by atoms with van der Waals surface area (Å²) in [6.07, 6.45) is 5.60. The van der Waals surface area contributed by atoms with Gasteiger partial charge in [-0.3, -0.25) is 4.79 Å². The molecule has 0 radical (unpaired) electrons. The van der Waals surface area contributed by atoms with Crippen molar-refractivity contribution in [3.05, 3.63) is 34.3 Å². The van der Waals surface area contributed by atoms with E-state index in [0.717, 1.165) is 4.47 Å². The highest BCUT2D eigenvalue weighted by atomic mass is 79.9. The minimum atomic E-state index is -0.0521. The summed E-state index contributed by atoms with van der Waals surface area (Å²) in [5, 5.41) is 6.80. The molecule has 0 spiro atoms. The Morgan fingerprint density at radius 3 is 2.43 bits per heavy atom. The number of benzene rings is 1. The second-order valence-corrected chi connectivity index (χ2v) is 8.76. The molecule has 2 aliphatic heterocycles. The SMILES string of the molecule is CC(C)(CNC(=O)CC1CC2CCC(C1)N2)c1ccc(Br)cc1. The first-order valence-corrected chi connectivity index (χ1v) is 9.50. The third-order valence-electron chi connectivity index (χ3n) is 5.40. The van der Waals surface area contributed by atoms with Crippen molar-refractivity contribution in [3.8, 4) is 0 Å². The van der Waals surface area contributed by atoms with Gasteiger partial charge in [0.15, 0.2) is 0 Å². The third kappa shape index (κ3) is 4.36. The van der Waals surface area contributed by atoms with Crippen LogP contribution in [0.2, 0.25) is 0 Å². The highest BCUT2D eigenvalue weighted by molar-refractivity contribution is 9.10. The van der Waals surface area contributed by atoms with Gasteiger partial charge in [0.25, 0.3) is 0 Å². The number of halogens is 1. The van der Waals surface area contributed by atoms with Gasteiger partial charge in [-0.25, -0.2) is 0 Å². The van der Waals surface area contributed by atoms with E-state index in [0.29, 0.717) is 31.0 Å². The average Bonchev–Trinajstić information content (AvgIpc) is 2.85. The molecular weight excluding hydrogens is 352 g/mol. The molecule has 23 heavy (non-hydrogen) atoms. The number of nitrogens with one attached hydrogen (secondary N) is 2. The Hall–Kier alpha value is -0.870. The molecule has 2 fully saturated rings. The van der Waals surface area contributed by atoms with Gasteiger partial charge in [0.1, 0.15) is 0 Å². The normalized spacial score (nSPS) is 27.0. The maximum Gasteiger partial charge on any atom is 0.220 e. The number of rotatable bonds is 5. The topological polar surface area (TPSA) is 41.1 Å². The van der Waals surface area contributed by atoms with Crippen LogP contribution in [0.15, 0.2) is 28.7 Å². The summed E-state index contributed by atoms with van der Waals surface area (Å²) >= 11 is 3.47. The van der Waals surface area contributed by atoms with Gasteiger partial charge in [-0.05, 0) is 49.3 Å². The van der Waals surface area contributed by atoms with E-state index in [1.54, 1.807) is 0 Å². The van der Waals surface area contributed by atoms with Crippen LogP contribution in [0, 0.1) is 5.92 Å². The van der Waals surface area contributed by atoms with Crippen molar-refractivity contribution in [2.75, 3.05) is 6.54 Å². The average molecular weight is 379 g/mol. The summed E-state index contributed by atoms with van der Waals surface area (Å²) in [6.45, 7) is 5.05. The molecule has 0 saturated carbocycles. The van der Waals surface area contributed by atoms with E-state index in [2.05, 4.69) is 64.7 Å². The summed E-state index contributed by atoms with van der Waals surface area (Å²) in [4.78, 5) is 12.3. The van der Waals surface area contributed by atoms with Crippen molar-refractivity contribution in [2.45, 2.75) is 63.5 Å². The van der Waals surface area contributed by atoms with Crippen LogP contribution in [0.25, 0.3) is 0 Å². The molecule has 2 unspecified atom stereocenters. The Morgan fingerprint density at radius 2 is 1.83 bits per heavy atom. The van der Waals surface area contributed by atoms with Crippen LogP contribution in [0.4, 0.5) is 0 Å². The van der Waals surface area contributed by atoms with Crippen LogP contribution in [-0.2, 0) is 10.2 Å². The lowest BCUT2D eigenvalue weighted by Crippen LogP contribution is -2.41. The molecule has 126 valence electrons. The molecule has 2 N–H and O–H groups in total. The van der Waals surface area contributed by atoms with Crippen LogP contribution in [0.3, 0.4) is 0 Å². The highest BCUT2D eigenvalue weighted by Crippen LogP contribution is 2.32. The fourth-order valence-electron chi connectivity index (χ4n) is 4.00. The first-order valence-electron chi connectivity index (χ1n) is 8.71. The largest absolute Gasteiger partial charge is 0.355 e. The number of hydrogen-bond donors (Lipinski definition) is 2. The Labute approximate surface area is 147 Å². The minimum absolute atomic E-state index is 0.0521. The van der Waals surface area contributed by atoms with E-state index in [-0.39, 0.29) is 11.3 Å². The van der Waals surface area contributed by atoms with Crippen molar-refractivity contribution < 1.29 is 4.79 Å². The first-order chi connectivity index (χ1) is 10.9. The molecule has 3 rings (SSSR count). The zero-order valence-corrected chi connectivity index (χ0v) is 15.7. The number of carbonyl (C=O) groups is 1.